The molecule has 1 aromatic rings. The quantitative estimate of drug-likeness (QED) is 0.768. The summed E-state index contributed by atoms with van der Waals surface area (Å²) in [5.41, 5.74) is 6.91. The lowest BCUT2D eigenvalue weighted by Gasteiger charge is -2.10. The molecular formula is C12H18FN. The standard InChI is InChI=1S/C12H18FN/c1-2-3-7-12(14)9-10-5-4-6-11(13)8-10/h4-6,8,12H,2-3,7,9,14H2,1H3. The lowest BCUT2D eigenvalue weighted by atomic mass is 10.0. The lowest BCUT2D eigenvalue weighted by molar-refractivity contribution is 0.570. The number of benzene rings is 1. The van der Waals surface area contributed by atoms with Gasteiger partial charge in [-0.3, -0.25) is 0 Å². The lowest BCUT2D eigenvalue weighted by Crippen LogP contribution is -2.22. The first kappa shape index (κ1) is 11.2. The van der Waals surface area contributed by atoms with Crippen molar-refractivity contribution in [3.8, 4) is 0 Å². The molecule has 0 aromatic heterocycles. The molecule has 0 saturated heterocycles. The number of hydrogen-bond donors (Lipinski definition) is 1. The van der Waals surface area contributed by atoms with E-state index in [9.17, 15) is 4.39 Å². The molecule has 0 aliphatic carbocycles. The van der Waals surface area contributed by atoms with Crippen LogP contribution in [0.1, 0.15) is 31.7 Å². The molecular weight excluding hydrogens is 177 g/mol. The second-order valence-electron chi connectivity index (χ2n) is 3.74. The topological polar surface area (TPSA) is 26.0 Å². The highest BCUT2D eigenvalue weighted by molar-refractivity contribution is 5.17. The van der Waals surface area contributed by atoms with Crippen LogP contribution < -0.4 is 5.73 Å². The summed E-state index contributed by atoms with van der Waals surface area (Å²) in [5, 5.41) is 0. The molecule has 2 N–H and O–H groups in total. The minimum absolute atomic E-state index is 0.164. The average Bonchev–Trinajstić information content (AvgIpc) is 2.15. The Hall–Kier alpha value is -0.890. The molecule has 78 valence electrons. The van der Waals surface area contributed by atoms with E-state index in [1.54, 1.807) is 12.1 Å². The fourth-order valence-corrected chi connectivity index (χ4v) is 1.54. The highest BCUT2D eigenvalue weighted by Gasteiger charge is 2.03. The van der Waals surface area contributed by atoms with Crippen LogP contribution in [0.4, 0.5) is 4.39 Å². The van der Waals surface area contributed by atoms with Crippen molar-refractivity contribution in [3.63, 3.8) is 0 Å². The molecule has 0 spiro atoms. The van der Waals surface area contributed by atoms with Crippen LogP contribution in [0, 0.1) is 5.82 Å². The Bertz CT molecular complexity index is 273. The van der Waals surface area contributed by atoms with Crippen molar-refractivity contribution < 1.29 is 4.39 Å². The van der Waals surface area contributed by atoms with Crippen molar-refractivity contribution in [3.05, 3.63) is 35.6 Å². The van der Waals surface area contributed by atoms with Crippen molar-refractivity contribution in [2.24, 2.45) is 5.73 Å². The van der Waals surface area contributed by atoms with E-state index in [1.807, 2.05) is 6.07 Å². The normalized spacial score (nSPS) is 12.8. The number of rotatable bonds is 5. The first-order chi connectivity index (χ1) is 6.72. The highest BCUT2D eigenvalue weighted by Crippen LogP contribution is 2.08. The van der Waals surface area contributed by atoms with Gasteiger partial charge in [-0.15, -0.1) is 0 Å². The van der Waals surface area contributed by atoms with Gasteiger partial charge in [-0.2, -0.15) is 0 Å². The molecule has 1 atom stereocenters. The van der Waals surface area contributed by atoms with Gasteiger partial charge in [-0.1, -0.05) is 31.9 Å². The van der Waals surface area contributed by atoms with E-state index in [-0.39, 0.29) is 11.9 Å². The van der Waals surface area contributed by atoms with Crippen molar-refractivity contribution in [2.75, 3.05) is 0 Å². The molecule has 14 heavy (non-hydrogen) atoms. The molecule has 0 saturated carbocycles. The van der Waals surface area contributed by atoms with Crippen LogP contribution in [0.3, 0.4) is 0 Å². The van der Waals surface area contributed by atoms with E-state index >= 15 is 0 Å². The number of nitrogens with two attached hydrogens (primary N) is 1. The van der Waals surface area contributed by atoms with Gasteiger partial charge in [0.1, 0.15) is 5.82 Å². The Kier molecular flexibility index (Phi) is 4.60. The zero-order valence-electron chi connectivity index (χ0n) is 8.67. The molecule has 0 bridgehead atoms. The van der Waals surface area contributed by atoms with Crippen LogP contribution in [0.2, 0.25) is 0 Å². The fraction of sp³-hybridized carbons (Fsp3) is 0.500. The van der Waals surface area contributed by atoms with Gasteiger partial charge in [0, 0.05) is 6.04 Å². The van der Waals surface area contributed by atoms with Crippen LogP contribution in [0.5, 0.6) is 0 Å². The maximum absolute atomic E-state index is 12.8. The van der Waals surface area contributed by atoms with Crippen LogP contribution in [-0.2, 0) is 6.42 Å². The number of halogens is 1. The molecule has 0 aliphatic heterocycles. The van der Waals surface area contributed by atoms with Gasteiger partial charge >= 0.3 is 0 Å². The van der Waals surface area contributed by atoms with Gasteiger partial charge in [0.25, 0.3) is 0 Å². The third-order valence-electron chi connectivity index (χ3n) is 2.32. The maximum atomic E-state index is 12.8. The molecule has 0 heterocycles. The number of hydrogen-bond acceptors (Lipinski definition) is 1. The van der Waals surface area contributed by atoms with Gasteiger partial charge in [-0.25, -0.2) is 4.39 Å². The predicted molar refractivity (Wildman–Crippen MR) is 57.6 cm³/mol. The van der Waals surface area contributed by atoms with Crippen molar-refractivity contribution >= 4 is 0 Å². The van der Waals surface area contributed by atoms with Gasteiger partial charge < -0.3 is 5.73 Å². The van der Waals surface area contributed by atoms with E-state index in [2.05, 4.69) is 6.92 Å². The van der Waals surface area contributed by atoms with Crippen molar-refractivity contribution in [1.29, 1.82) is 0 Å². The zero-order chi connectivity index (χ0) is 10.4. The van der Waals surface area contributed by atoms with Crippen LogP contribution in [0.25, 0.3) is 0 Å². The molecule has 1 rings (SSSR count). The minimum atomic E-state index is -0.176. The van der Waals surface area contributed by atoms with Gasteiger partial charge in [0.15, 0.2) is 0 Å². The molecule has 0 aliphatic rings. The summed E-state index contributed by atoms with van der Waals surface area (Å²) in [6.07, 6.45) is 4.11. The highest BCUT2D eigenvalue weighted by atomic mass is 19.1. The van der Waals surface area contributed by atoms with Crippen LogP contribution in [0.15, 0.2) is 24.3 Å². The van der Waals surface area contributed by atoms with Gasteiger partial charge in [-0.05, 0) is 30.5 Å². The molecule has 1 unspecified atom stereocenters. The van der Waals surface area contributed by atoms with E-state index in [4.69, 9.17) is 5.73 Å². The summed E-state index contributed by atoms with van der Waals surface area (Å²) in [6, 6.07) is 6.84. The second-order valence-corrected chi connectivity index (χ2v) is 3.74. The first-order valence-corrected chi connectivity index (χ1v) is 5.22. The van der Waals surface area contributed by atoms with E-state index in [1.165, 1.54) is 6.07 Å². The van der Waals surface area contributed by atoms with E-state index < -0.39 is 0 Å². The fourth-order valence-electron chi connectivity index (χ4n) is 1.54. The molecule has 0 fully saturated rings. The average molecular weight is 195 g/mol. The van der Waals surface area contributed by atoms with Crippen molar-refractivity contribution in [1.82, 2.24) is 0 Å². The van der Waals surface area contributed by atoms with Crippen LogP contribution >= 0.6 is 0 Å². The van der Waals surface area contributed by atoms with E-state index in [0.717, 1.165) is 31.2 Å². The summed E-state index contributed by atoms with van der Waals surface area (Å²) < 4.78 is 12.8. The third kappa shape index (κ3) is 3.88. The Morgan fingerprint density at radius 1 is 1.43 bits per heavy atom. The Morgan fingerprint density at radius 2 is 2.21 bits per heavy atom. The summed E-state index contributed by atoms with van der Waals surface area (Å²) in [6.45, 7) is 2.15. The summed E-state index contributed by atoms with van der Waals surface area (Å²) in [7, 11) is 0. The van der Waals surface area contributed by atoms with Crippen LogP contribution in [-0.4, -0.2) is 6.04 Å². The smallest absolute Gasteiger partial charge is 0.123 e. The molecule has 2 heteroatoms. The largest absolute Gasteiger partial charge is 0.327 e. The molecule has 1 aromatic carbocycles. The predicted octanol–water partition coefficient (Wildman–Crippen LogP) is 2.89. The molecule has 0 amide bonds. The van der Waals surface area contributed by atoms with Gasteiger partial charge in [0.2, 0.25) is 0 Å². The zero-order valence-corrected chi connectivity index (χ0v) is 8.67. The maximum Gasteiger partial charge on any atom is 0.123 e. The summed E-state index contributed by atoms with van der Waals surface area (Å²) in [5.74, 6) is -0.176. The molecule has 0 radical (unpaired) electrons. The summed E-state index contributed by atoms with van der Waals surface area (Å²) >= 11 is 0. The minimum Gasteiger partial charge on any atom is -0.327 e. The molecule has 1 nitrogen and oxygen atoms in total. The van der Waals surface area contributed by atoms with E-state index in [0.29, 0.717) is 0 Å². The monoisotopic (exact) mass is 195 g/mol. The third-order valence-corrected chi connectivity index (χ3v) is 2.32. The van der Waals surface area contributed by atoms with Gasteiger partial charge in [0.05, 0.1) is 0 Å². The summed E-state index contributed by atoms with van der Waals surface area (Å²) in [4.78, 5) is 0. The Labute approximate surface area is 85.1 Å². The second kappa shape index (κ2) is 5.76. The first-order valence-electron chi connectivity index (χ1n) is 5.22. The Morgan fingerprint density at radius 3 is 2.86 bits per heavy atom. The SMILES string of the molecule is CCCCC(N)Cc1cccc(F)c1. The van der Waals surface area contributed by atoms with Crippen molar-refractivity contribution in [2.45, 2.75) is 38.6 Å². The number of unbranched alkanes of at least 4 members (excludes halogenated alkanes) is 1. The Balaban J connectivity index is 2.43.